The van der Waals surface area contributed by atoms with Crippen LogP contribution < -0.4 is 10.6 Å². The van der Waals surface area contributed by atoms with Gasteiger partial charge in [-0.2, -0.15) is 0 Å². The van der Waals surface area contributed by atoms with E-state index >= 15 is 0 Å². The Hall–Kier alpha value is -1.49. The Labute approximate surface area is 101 Å². The standard InChI is InChI=1S/C12H20N2O3/c1-4-13-12(16)14-6-5-11(15)10-7-8(2)17-9(10)3/h7,11,15H,4-6H2,1-3H3,(H2,13,14,16). The largest absolute Gasteiger partial charge is 0.466 e. The fourth-order valence-electron chi connectivity index (χ4n) is 1.68. The maximum absolute atomic E-state index is 11.1. The zero-order chi connectivity index (χ0) is 12.8. The van der Waals surface area contributed by atoms with Crippen molar-refractivity contribution in [2.45, 2.75) is 33.3 Å². The summed E-state index contributed by atoms with van der Waals surface area (Å²) < 4.78 is 5.34. The van der Waals surface area contributed by atoms with E-state index in [1.807, 2.05) is 26.8 Å². The van der Waals surface area contributed by atoms with E-state index in [1.54, 1.807) is 0 Å². The highest BCUT2D eigenvalue weighted by Crippen LogP contribution is 2.23. The van der Waals surface area contributed by atoms with Crippen LogP contribution in [-0.2, 0) is 0 Å². The van der Waals surface area contributed by atoms with Gasteiger partial charge in [0.1, 0.15) is 11.5 Å². The molecule has 0 spiro atoms. The Morgan fingerprint density at radius 1 is 1.47 bits per heavy atom. The minimum atomic E-state index is -0.602. The van der Waals surface area contributed by atoms with Gasteiger partial charge in [0.05, 0.1) is 6.10 Å². The van der Waals surface area contributed by atoms with Gasteiger partial charge in [-0.05, 0) is 33.3 Å². The van der Waals surface area contributed by atoms with Crippen LogP contribution in [0.2, 0.25) is 0 Å². The SMILES string of the molecule is CCNC(=O)NCCC(O)c1cc(C)oc1C. The van der Waals surface area contributed by atoms with Crippen LogP contribution in [0.4, 0.5) is 4.79 Å². The third-order valence-corrected chi connectivity index (χ3v) is 2.48. The molecule has 0 aromatic carbocycles. The van der Waals surface area contributed by atoms with Crippen molar-refractivity contribution in [2.24, 2.45) is 0 Å². The zero-order valence-electron chi connectivity index (χ0n) is 10.5. The fraction of sp³-hybridized carbons (Fsp3) is 0.583. The third kappa shape index (κ3) is 4.11. The first-order valence-electron chi connectivity index (χ1n) is 5.81. The molecule has 0 saturated heterocycles. The van der Waals surface area contributed by atoms with Crippen LogP contribution in [0, 0.1) is 13.8 Å². The number of urea groups is 1. The van der Waals surface area contributed by atoms with Gasteiger partial charge in [-0.15, -0.1) is 0 Å². The number of amides is 2. The van der Waals surface area contributed by atoms with E-state index < -0.39 is 6.10 Å². The summed E-state index contributed by atoms with van der Waals surface area (Å²) in [6, 6.07) is 1.62. The smallest absolute Gasteiger partial charge is 0.314 e. The number of aryl methyl sites for hydroxylation is 2. The van der Waals surface area contributed by atoms with Crippen LogP contribution in [-0.4, -0.2) is 24.2 Å². The average Bonchev–Trinajstić information content (AvgIpc) is 2.58. The predicted molar refractivity (Wildman–Crippen MR) is 64.8 cm³/mol. The molecule has 0 fully saturated rings. The van der Waals surface area contributed by atoms with Crippen LogP contribution >= 0.6 is 0 Å². The van der Waals surface area contributed by atoms with Crippen LogP contribution in [0.1, 0.15) is 36.5 Å². The van der Waals surface area contributed by atoms with E-state index in [0.717, 1.165) is 17.1 Å². The highest BCUT2D eigenvalue weighted by Gasteiger charge is 2.14. The average molecular weight is 240 g/mol. The molecule has 5 nitrogen and oxygen atoms in total. The predicted octanol–water partition coefficient (Wildman–Crippen LogP) is 1.64. The molecule has 1 aromatic rings. The molecule has 0 radical (unpaired) electrons. The van der Waals surface area contributed by atoms with Gasteiger partial charge in [0.2, 0.25) is 0 Å². The fourth-order valence-corrected chi connectivity index (χ4v) is 1.68. The molecule has 5 heteroatoms. The molecule has 3 N–H and O–H groups in total. The minimum Gasteiger partial charge on any atom is -0.466 e. The van der Waals surface area contributed by atoms with Crippen molar-refractivity contribution in [2.75, 3.05) is 13.1 Å². The molecule has 17 heavy (non-hydrogen) atoms. The normalized spacial score (nSPS) is 12.2. The molecule has 96 valence electrons. The van der Waals surface area contributed by atoms with Gasteiger partial charge in [-0.3, -0.25) is 0 Å². The summed E-state index contributed by atoms with van der Waals surface area (Å²) in [4.78, 5) is 11.1. The summed E-state index contributed by atoms with van der Waals surface area (Å²) in [5.41, 5.74) is 0.792. The second-order valence-electron chi connectivity index (χ2n) is 3.96. The molecular weight excluding hydrogens is 220 g/mol. The Balaban J connectivity index is 2.37. The van der Waals surface area contributed by atoms with Gasteiger partial charge < -0.3 is 20.2 Å². The van der Waals surface area contributed by atoms with Crippen molar-refractivity contribution >= 4 is 6.03 Å². The number of hydrogen-bond donors (Lipinski definition) is 3. The van der Waals surface area contributed by atoms with Crippen molar-refractivity contribution in [1.29, 1.82) is 0 Å². The Morgan fingerprint density at radius 2 is 2.18 bits per heavy atom. The first kappa shape index (κ1) is 13.6. The van der Waals surface area contributed by atoms with Gasteiger partial charge in [0.15, 0.2) is 0 Å². The van der Waals surface area contributed by atoms with E-state index in [-0.39, 0.29) is 6.03 Å². The topological polar surface area (TPSA) is 74.5 Å². The Morgan fingerprint density at radius 3 is 2.71 bits per heavy atom. The van der Waals surface area contributed by atoms with Gasteiger partial charge in [-0.1, -0.05) is 0 Å². The zero-order valence-corrected chi connectivity index (χ0v) is 10.5. The van der Waals surface area contributed by atoms with Gasteiger partial charge in [-0.25, -0.2) is 4.79 Å². The molecule has 0 aliphatic rings. The van der Waals surface area contributed by atoms with E-state index in [4.69, 9.17) is 4.42 Å². The van der Waals surface area contributed by atoms with Crippen molar-refractivity contribution in [3.63, 3.8) is 0 Å². The highest BCUT2D eigenvalue weighted by atomic mass is 16.3. The van der Waals surface area contributed by atoms with Crippen molar-refractivity contribution < 1.29 is 14.3 Å². The quantitative estimate of drug-likeness (QED) is 0.732. The van der Waals surface area contributed by atoms with Gasteiger partial charge in [0.25, 0.3) is 0 Å². The Bertz CT molecular complexity index is 374. The number of aliphatic hydroxyl groups excluding tert-OH is 1. The number of rotatable bonds is 5. The third-order valence-electron chi connectivity index (χ3n) is 2.48. The maximum Gasteiger partial charge on any atom is 0.314 e. The summed E-state index contributed by atoms with van der Waals surface area (Å²) in [6.45, 7) is 6.54. The van der Waals surface area contributed by atoms with Crippen LogP contribution in [0.3, 0.4) is 0 Å². The van der Waals surface area contributed by atoms with Crippen molar-refractivity contribution in [3.05, 3.63) is 23.2 Å². The van der Waals surface area contributed by atoms with Gasteiger partial charge in [0, 0.05) is 18.7 Å². The highest BCUT2D eigenvalue weighted by molar-refractivity contribution is 5.73. The van der Waals surface area contributed by atoms with Crippen molar-refractivity contribution in [3.8, 4) is 0 Å². The van der Waals surface area contributed by atoms with E-state index in [0.29, 0.717) is 19.5 Å². The Kier molecular flexibility index (Phi) is 5.03. The van der Waals surface area contributed by atoms with E-state index in [1.165, 1.54) is 0 Å². The van der Waals surface area contributed by atoms with Crippen LogP contribution in [0.15, 0.2) is 10.5 Å². The number of furan rings is 1. The monoisotopic (exact) mass is 240 g/mol. The maximum atomic E-state index is 11.1. The van der Waals surface area contributed by atoms with E-state index in [2.05, 4.69) is 10.6 Å². The summed E-state index contributed by atoms with van der Waals surface area (Å²) in [5, 5.41) is 15.2. The van der Waals surface area contributed by atoms with E-state index in [9.17, 15) is 9.90 Å². The molecule has 0 saturated carbocycles. The summed E-state index contributed by atoms with van der Waals surface area (Å²) in [7, 11) is 0. The first-order chi connectivity index (χ1) is 8.04. The number of aliphatic hydroxyl groups is 1. The molecule has 1 aromatic heterocycles. The molecule has 2 amide bonds. The number of carbonyl (C=O) groups excluding carboxylic acids is 1. The molecule has 1 rings (SSSR count). The lowest BCUT2D eigenvalue weighted by Crippen LogP contribution is -2.36. The number of hydrogen-bond acceptors (Lipinski definition) is 3. The molecular formula is C12H20N2O3. The molecule has 1 heterocycles. The van der Waals surface area contributed by atoms with Crippen LogP contribution in [0.5, 0.6) is 0 Å². The van der Waals surface area contributed by atoms with Gasteiger partial charge >= 0.3 is 6.03 Å². The molecule has 0 aliphatic heterocycles. The molecule has 0 bridgehead atoms. The lowest BCUT2D eigenvalue weighted by molar-refractivity contribution is 0.165. The lowest BCUT2D eigenvalue weighted by Gasteiger charge is -2.10. The number of nitrogens with one attached hydrogen (secondary N) is 2. The second-order valence-corrected chi connectivity index (χ2v) is 3.96. The number of carbonyl (C=O) groups is 1. The molecule has 0 aliphatic carbocycles. The lowest BCUT2D eigenvalue weighted by atomic mass is 10.1. The summed E-state index contributed by atoms with van der Waals surface area (Å²) in [6.07, 6.45) is -0.133. The summed E-state index contributed by atoms with van der Waals surface area (Å²) >= 11 is 0. The molecule has 1 atom stereocenters. The van der Waals surface area contributed by atoms with Crippen molar-refractivity contribution in [1.82, 2.24) is 10.6 Å². The second kappa shape index (κ2) is 6.30. The first-order valence-corrected chi connectivity index (χ1v) is 5.81. The molecule has 1 unspecified atom stereocenters. The minimum absolute atomic E-state index is 0.209. The van der Waals surface area contributed by atoms with Crippen LogP contribution in [0.25, 0.3) is 0 Å². The summed E-state index contributed by atoms with van der Waals surface area (Å²) in [5.74, 6) is 1.52.